The number of hydrogen-bond donors (Lipinski definition) is 1. The molecule has 102 valence electrons. The van der Waals surface area contributed by atoms with Gasteiger partial charge in [-0.15, -0.1) is 0 Å². The molecule has 18 heavy (non-hydrogen) atoms. The van der Waals surface area contributed by atoms with Crippen LogP contribution in [0.25, 0.3) is 0 Å². The molecule has 0 aliphatic heterocycles. The summed E-state index contributed by atoms with van der Waals surface area (Å²) in [5.41, 5.74) is 6.59. The Hall–Kier alpha value is -0.970. The van der Waals surface area contributed by atoms with E-state index in [1.165, 1.54) is 6.07 Å². The zero-order chi connectivity index (χ0) is 13.4. The van der Waals surface area contributed by atoms with E-state index in [9.17, 15) is 4.39 Å². The fraction of sp³-hybridized carbons (Fsp3) is 0.571. The molecule has 1 atom stereocenters. The number of nitrogens with zero attached hydrogens (tertiary/aromatic N) is 1. The molecule has 0 saturated heterocycles. The van der Waals surface area contributed by atoms with Gasteiger partial charge in [0.15, 0.2) is 0 Å². The second kappa shape index (κ2) is 8.19. The quantitative estimate of drug-likeness (QED) is 0.723. The van der Waals surface area contributed by atoms with Crippen molar-refractivity contribution in [3.05, 3.63) is 35.6 Å². The Labute approximate surface area is 109 Å². The lowest BCUT2D eigenvalue weighted by Crippen LogP contribution is -2.27. The molecular formula is C14H23FN2O. The van der Waals surface area contributed by atoms with Gasteiger partial charge in [-0.05, 0) is 33.0 Å². The largest absolute Gasteiger partial charge is 0.380 e. The monoisotopic (exact) mass is 254 g/mol. The minimum Gasteiger partial charge on any atom is -0.380 e. The van der Waals surface area contributed by atoms with Crippen molar-refractivity contribution in [2.75, 3.05) is 33.4 Å². The summed E-state index contributed by atoms with van der Waals surface area (Å²) in [6, 6.07) is 6.45. The van der Waals surface area contributed by atoms with Crippen molar-refractivity contribution in [2.45, 2.75) is 19.4 Å². The summed E-state index contributed by atoms with van der Waals surface area (Å²) in [6.07, 6.45) is 0.740. The summed E-state index contributed by atoms with van der Waals surface area (Å²) in [7, 11) is 2.02. The van der Waals surface area contributed by atoms with Gasteiger partial charge in [-0.2, -0.15) is 0 Å². The normalized spacial score (nSPS) is 12.9. The predicted molar refractivity (Wildman–Crippen MR) is 71.9 cm³/mol. The topological polar surface area (TPSA) is 38.5 Å². The van der Waals surface area contributed by atoms with Gasteiger partial charge in [0, 0.05) is 24.8 Å². The summed E-state index contributed by atoms with van der Waals surface area (Å²) in [5, 5.41) is 0. The van der Waals surface area contributed by atoms with Crippen molar-refractivity contribution in [1.29, 1.82) is 0 Å². The third-order valence-corrected chi connectivity index (χ3v) is 2.95. The smallest absolute Gasteiger partial charge is 0.127 e. The van der Waals surface area contributed by atoms with Gasteiger partial charge in [-0.1, -0.05) is 18.2 Å². The van der Waals surface area contributed by atoms with E-state index in [0.29, 0.717) is 5.56 Å². The summed E-state index contributed by atoms with van der Waals surface area (Å²) in [4.78, 5) is 2.15. The van der Waals surface area contributed by atoms with E-state index in [1.54, 1.807) is 12.1 Å². The third kappa shape index (κ3) is 5.12. The molecule has 4 heteroatoms. The van der Waals surface area contributed by atoms with E-state index in [-0.39, 0.29) is 11.9 Å². The van der Waals surface area contributed by atoms with Gasteiger partial charge < -0.3 is 15.4 Å². The molecule has 0 aliphatic carbocycles. The molecule has 1 unspecified atom stereocenters. The minimum atomic E-state index is -0.249. The highest BCUT2D eigenvalue weighted by Gasteiger charge is 2.11. The van der Waals surface area contributed by atoms with Crippen molar-refractivity contribution in [2.24, 2.45) is 5.73 Å². The molecule has 1 rings (SSSR count). The number of rotatable bonds is 8. The minimum absolute atomic E-state index is 0.220. The Morgan fingerprint density at radius 2 is 2.06 bits per heavy atom. The Kier molecular flexibility index (Phi) is 6.86. The standard InChI is InChI=1S/C14H23FN2O/c1-3-18-11-10-17(2)9-8-14(16)12-6-4-5-7-13(12)15/h4-7,14H,3,8-11,16H2,1-2H3. The average Bonchev–Trinajstić information content (AvgIpc) is 2.37. The number of hydrogen-bond acceptors (Lipinski definition) is 3. The molecule has 0 aliphatic rings. The number of ether oxygens (including phenoxy) is 1. The highest BCUT2D eigenvalue weighted by molar-refractivity contribution is 5.20. The summed E-state index contributed by atoms with van der Waals surface area (Å²) < 4.78 is 18.8. The van der Waals surface area contributed by atoms with Crippen molar-refractivity contribution < 1.29 is 9.13 Å². The van der Waals surface area contributed by atoms with Gasteiger partial charge in [0.25, 0.3) is 0 Å². The molecule has 0 saturated carbocycles. The van der Waals surface area contributed by atoms with Crippen LogP contribution in [0.1, 0.15) is 24.9 Å². The molecule has 2 N–H and O–H groups in total. The SMILES string of the molecule is CCOCCN(C)CCC(N)c1ccccc1F. The zero-order valence-electron chi connectivity index (χ0n) is 11.2. The Morgan fingerprint density at radius 1 is 1.33 bits per heavy atom. The van der Waals surface area contributed by atoms with E-state index in [2.05, 4.69) is 4.90 Å². The molecule has 1 aromatic carbocycles. The highest BCUT2D eigenvalue weighted by atomic mass is 19.1. The molecule has 0 amide bonds. The molecule has 1 aromatic rings. The summed E-state index contributed by atoms with van der Waals surface area (Å²) in [5.74, 6) is -0.220. The fourth-order valence-electron chi connectivity index (χ4n) is 1.77. The third-order valence-electron chi connectivity index (χ3n) is 2.95. The molecular weight excluding hydrogens is 231 g/mol. The van der Waals surface area contributed by atoms with E-state index in [0.717, 1.165) is 32.7 Å². The van der Waals surface area contributed by atoms with Crippen molar-refractivity contribution in [1.82, 2.24) is 4.90 Å². The van der Waals surface area contributed by atoms with Gasteiger partial charge in [0.2, 0.25) is 0 Å². The lowest BCUT2D eigenvalue weighted by atomic mass is 10.0. The lowest BCUT2D eigenvalue weighted by molar-refractivity contribution is 0.121. The predicted octanol–water partition coefficient (Wildman–Crippen LogP) is 2.18. The second-order valence-corrected chi connectivity index (χ2v) is 4.42. The van der Waals surface area contributed by atoms with Gasteiger partial charge in [0.05, 0.1) is 6.61 Å². The van der Waals surface area contributed by atoms with Gasteiger partial charge in [-0.25, -0.2) is 4.39 Å². The second-order valence-electron chi connectivity index (χ2n) is 4.42. The van der Waals surface area contributed by atoms with Crippen LogP contribution in [0.5, 0.6) is 0 Å². The molecule has 0 radical (unpaired) electrons. The summed E-state index contributed by atoms with van der Waals surface area (Å²) in [6.45, 7) is 5.15. The number of benzene rings is 1. The van der Waals surface area contributed by atoms with Crippen LogP contribution in [-0.2, 0) is 4.74 Å². The highest BCUT2D eigenvalue weighted by Crippen LogP contribution is 2.17. The van der Waals surface area contributed by atoms with E-state index in [4.69, 9.17) is 10.5 Å². The Balaban J connectivity index is 2.32. The molecule has 0 spiro atoms. The molecule has 0 fully saturated rings. The van der Waals surface area contributed by atoms with Gasteiger partial charge in [0.1, 0.15) is 5.82 Å². The number of likely N-dealkylation sites (N-methyl/N-ethyl adjacent to an activating group) is 1. The number of nitrogens with two attached hydrogens (primary N) is 1. The van der Waals surface area contributed by atoms with Crippen LogP contribution in [0.3, 0.4) is 0 Å². The Bertz CT molecular complexity index is 346. The Morgan fingerprint density at radius 3 is 2.72 bits per heavy atom. The lowest BCUT2D eigenvalue weighted by Gasteiger charge is -2.19. The van der Waals surface area contributed by atoms with Crippen molar-refractivity contribution >= 4 is 0 Å². The molecule has 3 nitrogen and oxygen atoms in total. The van der Waals surface area contributed by atoms with E-state index in [1.807, 2.05) is 20.0 Å². The van der Waals surface area contributed by atoms with E-state index >= 15 is 0 Å². The maximum atomic E-state index is 13.5. The van der Waals surface area contributed by atoms with Crippen LogP contribution in [0.15, 0.2) is 24.3 Å². The van der Waals surface area contributed by atoms with Crippen molar-refractivity contribution in [3.8, 4) is 0 Å². The van der Waals surface area contributed by atoms with Crippen LogP contribution >= 0.6 is 0 Å². The van der Waals surface area contributed by atoms with Gasteiger partial charge >= 0.3 is 0 Å². The van der Waals surface area contributed by atoms with Crippen LogP contribution in [0.2, 0.25) is 0 Å². The van der Waals surface area contributed by atoms with Crippen LogP contribution < -0.4 is 5.73 Å². The molecule has 0 heterocycles. The van der Waals surface area contributed by atoms with Crippen LogP contribution in [-0.4, -0.2) is 38.3 Å². The first kappa shape index (κ1) is 15.1. The van der Waals surface area contributed by atoms with Gasteiger partial charge in [-0.3, -0.25) is 0 Å². The zero-order valence-corrected chi connectivity index (χ0v) is 11.2. The molecule has 0 aromatic heterocycles. The first-order valence-corrected chi connectivity index (χ1v) is 6.41. The maximum Gasteiger partial charge on any atom is 0.127 e. The first-order chi connectivity index (χ1) is 8.65. The van der Waals surface area contributed by atoms with E-state index < -0.39 is 0 Å². The molecule has 0 bridgehead atoms. The van der Waals surface area contributed by atoms with Crippen molar-refractivity contribution in [3.63, 3.8) is 0 Å². The average molecular weight is 254 g/mol. The fourth-order valence-corrected chi connectivity index (χ4v) is 1.77. The maximum absolute atomic E-state index is 13.5. The summed E-state index contributed by atoms with van der Waals surface area (Å²) >= 11 is 0. The van der Waals surface area contributed by atoms with Crippen LogP contribution in [0, 0.1) is 5.82 Å². The van der Waals surface area contributed by atoms with Crippen LogP contribution in [0.4, 0.5) is 4.39 Å². The first-order valence-electron chi connectivity index (χ1n) is 6.41. The number of halogens is 1.